The van der Waals surface area contributed by atoms with Gasteiger partial charge in [0.15, 0.2) is 5.82 Å². The minimum absolute atomic E-state index is 0.0119. The van der Waals surface area contributed by atoms with E-state index in [0.29, 0.717) is 0 Å². The average Bonchev–Trinajstić information content (AvgIpc) is 3.01. The number of ketones is 1. The Morgan fingerprint density at radius 3 is 2.78 bits per heavy atom. The molecule has 0 spiro atoms. The summed E-state index contributed by atoms with van der Waals surface area (Å²) < 4.78 is 44.5. The van der Waals surface area contributed by atoms with Gasteiger partial charge in [-0.1, -0.05) is 5.16 Å². The Labute approximate surface area is 100 Å². The van der Waals surface area contributed by atoms with Crippen LogP contribution in [0.5, 0.6) is 0 Å². The molecule has 1 aliphatic rings. The first kappa shape index (κ1) is 13.0. The first-order chi connectivity index (χ1) is 8.44. The van der Waals surface area contributed by atoms with E-state index in [1.54, 1.807) is 0 Å². The number of aromatic nitrogens is 2. The molecule has 0 bridgehead atoms. The normalized spacial score (nSPS) is 15.9. The molecule has 1 heterocycles. The van der Waals surface area contributed by atoms with Gasteiger partial charge in [-0.15, -0.1) is 0 Å². The van der Waals surface area contributed by atoms with Crippen molar-refractivity contribution in [3.63, 3.8) is 0 Å². The molecule has 0 N–H and O–H groups in total. The number of halogens is 3. The SMILES string of the molecule is O=C(Cc1nc(COCC(F)(F)F)no1)C1CC1. The number of ether oxygens (including phenoxy) is 1. The zero-order valence-corrected chi connectivity index (χ0v) is 9.37. The predicted octanol–water partition coefficient (Wildman–Crippen LogP) is 1.67. The molecule has 0 saturated heterocycles. The number of rotatable bonds is 6. The van der Waals surface area contributed by atoms with Crippen molar-refractivity contribution in [2.75, 3.05) is 6.61 Å². The lowest BCUT2D eigenvalue weighted by molar-refractivity contribution is -0.177. The van der Waals surface area contributed by atoms with Gasteiger partial charge in [0.1, 0.15) is 19.0 Å². The zero-order valence-electron chi connectivity index (χ0n) is 9.37. The Hall–Kier alpha value is -1.44. The molecule has 5 nitrogen and oxygen atoms in total. The molecule has 2 rings (SSSR count). The van der Waals surface area contributed by atoms with Crippen molar-refractivity contribution in [3.8, 4) is 0 Å². The Kier molecular flexibility index (Phi) is 3.65. The van der Waals surface area contributed by atoms with E-state index in [9.17, 15) is 18.0 Å². The van der Waals surface area contributed by atoms with Crippen LogP contribution in [0.1, 0.15) is 24.6 Å². The fourth-order valence-corrected chi connectivity index (χ4v) is 1.38. The van der Waals surface area contributed by atoms with Crippen molar-refractivity contribution in [2.24, 2.45) is 5.92 Å². The van der Waals surface area contributed by atoms with Gasteiger partial charge in [0.05, 0.1) is 6.42 Å². The van der Waals surface area contributed by atoms with Crippen LogP contribution in [-0.2, 0) is 22.6 Å². The zero-order chi connectivity index (χ0) is 13.2. The van der Waals surface area contributed by atoms with Crippen LogP contribution >= 0.6 is 0 Å². The number of nitrogens with zero attached hydrogens (tertiary/aromatic N) is 2. The lowest BCUT2D eigenvalue weighted by atomic mass is 10.2. The van der Waals surface area contributed by atoms with E-state index < -0.39 is 12.8 Å². The maximum atomic E-state index is 11.8. The van der Waals surface area contributed by atoms with E-state index in [2.05, 4.69) is 14.9 Å². The van der Waals surface area contributed by atoms with Crippen LogP contribution in [0.2, 0.25) is 0 Å². The van der Waals surface area contributed by atoms with Crippen LogP contribution in [0.4, 0.5) is 13.2 Å². The molecule has 1 aliphatic carbocycles. The summed E-state index contributed by atoms with van der Waals surface area (Å²) in [4.78, 5) is 15.2. The average molecular weight is 264 g/mol. The van der Waals surface area contributed by atoms with Crippen LogP contribution in [-0.4, -0.2) is 28.7 Å². The van der Waals surface area contributed by atoms with E-state index in [-0.39, 0.29) is 36.4 Å². The predicted molar refractivity (Wildman–Crippen MR) is 51.4 cm³/mol. The molecule has 0 amide bonds. The van der Waals surface area contributed by atoms with E-state index >= 15 is 0 Å². The van der Waals surface area contributed by atoms with E-state index in [4.69, 9.17) is 4.52 Å². The summed E-state index contributed by atoms with van der Waals surface area (Å²) in [5, 5.41) is 3.44. The molecular formula is C10H11F3N2O3. The third-order valence-corrected chi connectivity index (χ3v) is 2.37. The fraction of sp³-hybridized carbons (Fsp3) is 0.700. The van der Waals surface area contributed by atoms with Crippen molar-refractivity contribution in [2.45, 2.75) is 32.0 Å². The van der Waals surface area contributed by atoms with Crippen LogP contribution in [0.15, 0.2) is 4.52 Å². The van der Waals surface area contributed by atoms with Crippen molar-refractivity contribution >= 4 is 5.78 Å². The van der Waals surface area contributed by atoms with Gasteiger partial charge in [-0.05, 0) is 12.8 Å². The summed E-state index contributed by atoms with van der Waals surface area (Å²) >= 11 is 0. The van der Waals surface area contributed by atoms with Crippen molar-refractivity contribution in [3.05, 3.63) is 11.7 Å². The van der Waals surface area contributed by atoms with Crippen molar-refractivity contribution < 1.29 is 27.2 Å². The molecular weight excluding hydrogens is 253 g/mol. The first-order valence-electron chi connectivity index (χ1n) is 5.43. The van der Waals surface area contributed by atoms with Crippen molar-refractivity contribution in [1.82, 2.24) is 10.1 Å². The van der Waals surface area contributed by atoms with Crippen LogP contribution < -0.4 is 0 Å². The third kappa shape index (κ3) is 4.10. The Balaban J connectivity index is 1.77. The van der Waals surface area contributed by atoms with Crippen LogP contribution in [0, 0.1) is 5.92 Å². The fourth-order valence-electron chi connectivity index (χ4n) is 1.38. The van der Waals surface area contributed by atoms with Gasteiger partial charge in [0.2, 0.25) is 5.89 Å². The summed E-state index contributed by atoms with van der Waals surface area (Å²) in [5.74, 6) is 0.249. The van der Waals surface area contributed by atoms with Gasteiger partial charge < -0.3 is 9.26 Å². The molecule has 0 unspecified atom stereocenters. The highest BCUT2D eigenvalue weighted by Gasteiger charge is 2.31. The molecule has 1 aromatic rings. The Morgan fingerprint density at radius 1 is 1.44 bits per heavy atom. The number of carbonyl (C=O) groups is 1. The Bertz CT molecular complexity index is 426. The molecule has 0 radical (unpaired) electrons. The molecule has 0 aliphatic heterocycles. The highest BCUT2D eigenvalue weighted by atomic mass is 19.4. The van der Waals surface area contributed by atoms with Crippen molar-refractivity contribution in [1.29, 1.82) is 0 Å². The minimum atomic E-state index is -4.38. The third-order valence-electron chi connectivity index (χ3n) is 2.37. The summed E-state index contributed by atoms with van der Waals surface area (Å²) in [5.41, 5.74) is 0. The van der Waals surface area contributed by atoms with Gasteiger partial charge in [-0.3, -0.25) is 4.79 Å². The van der Waals surface area contributed by atoms with E-state index in [0.717, 1.165) is 12.8 Å². The maximum Gasteiger partial charge on any atom is 0.411 e. The van der Waals surface area contributed by atoms with E-state index in [1.807, 2.05) is 0 Å². The highest BCUT2D eigenvalue weighted by molar-refractivity contribution is 5.84. The molecule has 1 fully saturated rings. The monoisotopic (exact) mass is 264 g/mol. The van der Waals surface area contributed by atoms with Crippen LogP contribution in [0.25, 0.3) is 0 Å². The standard InChI is InChI=1S/C10H11F3N2O3/c11-10(12,13)5-17-4-8-14-9(18-15-8)3-7(16)6-1-2-6/h6H,1-5H2. The second kappa shape index (κ2) is 5.05. The topological polar surface area (TPSA) is 65.2 Å². The molecule has 18 heavy (non-hydrogen) atoms. The second-order valence-corrected chi connectivity index (χ2v) is 4.13. The maximum absolute atomic E-state index is 11.8. The quantitative estimate of drug-likeness (QED) is 0.782. The largest absolute Gasteiger partial charge is 0.411 e. The lowest BCUT2D eigenvalue weighted by Gasteiger charge is -2.04. The second-order valence-electron chi connectivity index (χ2n) is 4.13. The van der Waals surface area contributed by atoms with Gasteiger partial charge in [-0.25, -0.2) is 0 Å². The van der Waals surface area contributed by atoms with Gasteiger partial charge in [0, 0.05) is 5.92 Å². The number of hydrogen-bond acceptors (Lipinski definition) is 5. The molecule has 0 atom stereocenters. The van der Waals surface area contributed by atoms with Gasteiger partial charge >= 0.3 is 6.18 Å². The lowest BCUT2D eigenvalue weighted by Crippen LogP contribution is -2.17. The Morgan fingerprint density at radius 2 is 2.17 bits per heavy atom. The van der Waals surface area contributed by atoms with Crippen LogP contribution in [0.3, 0.4) is 0 Å². The molecule has 8 heteroatoms. The number of carbonyl (C=O) groups excluding carboxylic acids is 1. The molecule has 0 aromatic carbocycles. The highest BCUT2D eigenvalue weighted by Crippen LogP contribution is 2.30. The van der Waals surface area contributed by atoms with Gasteiger partial charge in [0.25, 0.3) is 0 Å². The minimum Gasteiger partial charge on any atom is -0.364 e. The van der Waals surface area contributed by atoms with Gasteiger partial charge in [-0.2, -0.15) is 18.2 Å². The number of Topliss-reactive ketones (excluding diaryl/α,β-unsaturated/α-hetero) is 1. The molecule has 1 aromatic heterocycles. The van der Waals surface area contributed by atoms with E-state index in [1.165, 1.54) is 0 Å². The molecule has 100 valence electrons. The molecule has 1 saturated carbocycles. The first-order valence-corrected chi connectivity index (χ1v) is 5.43. The summed E-state index contributed by atoms with van der Waals surface area (Å²) in [6.45, 7) is -1.75. The summed E-state index contributed by atoms with van der Waals surface area (Å²) in [6.07, 6.45) is -2.57. The number of alkyl halides is 3. The summed E-state index contributed by atoms with van der Waals surface area (Å²) in [7, 11) is 0. The smallest absolute Gasteiger partial charge is 0.364 e. The summed E-state index contributed by atoms with van der Waals surface area (Å²) in [6, 6.07) is 0. The number of hydrogen-bond donors (Lipinski definition) is 0.